The first-order valence-corrected chi connectivity index (χ1v) is 8.93. The number of aromatic nitrogens is 4. The fourth-order valence-corrected chi connectivity index (χ4v) is 3.79. The maximum Gasteiger partial charge on any atom is 0.272 e. The van der Waals surface area contributed by atoms with Gasteiger partial charge in [-0.05, 0) is 44.6 Å². The summed E-state index contributed by atoms with van der Waals surface area (Å²) in [6, 6.07) is 1.80. The molecular formula is C18H25N5O. The molecule has 6 heteroatoms. The van der Waals surface area contributed by atoms with E-state index in [0.717, 1.165) is 26.1 Å². The zero-order valence-electron chi connectivity index (χ0n) is 14.5. The molecule has 2 fully saturated rings. The van der Waals surface area contributed by atoms with Gasteiger partial charge in [-0.3, -0.25) is 9.48 Å². The van der Waals surface area contributed by atoms with Gasteiger partial charge in [-0.15, -0.1) is 0 Å². The smallest absolute Gasteiger partial charge is 0.272 e. The Kier molecular flexibility index (Phi) is 3.90. The monoisotopic (exact) mass is 327 g/mol. The molecule has 1 saturated heterocycles. The number of piperidine rings is 1. The summed E-state index contributed by atoms with van der Waals surface area (Å²) in [5, 5.41) is 4.12. The van der Waals surface area contributed by atoms with Gasteiger partial charge in [0.25, 0.3) is 5.91 Å². The van der Waals surface area contributed by atoms with Crippen LogP contribution in [0.4, 0.5) is 0 Å². The molecule has 2 aromatic rings. The Morgan fingerprint density at radius 3 is 2.88 bits per heavy atom. The Balaban J connectivity index is 1.47. The van der Waals surface area contributed by atoms with Gasteiger partial charge in [0.2, 0.25) is 0 Å². The number of carbonyl (C=O) groups excluding carboxylic acids is 1. The van der Waals surface area contributed by atoms with E-state index in [9.17, 15) is 4.79 Å². The van der Waals surface area contributed by atoms with Gasteiger partial charge in [0, 0.05) is 50.7 Å². The summed E-state index contributed by atoms with van der Waals surface area (Å²) in [7, 11) is 1.82. The van der Waals surface area contributed by atoms with Gasteiger partial charge in [-0.25, -0.2) is 4.98 Å². The SMILES string of the molecule is Cc1cnc(C2CC2)n1CC1CCCN(C(=O)c2ccnn2C)C1. The summed E-state index contributed by atoms with van der Waals surface area (Å²) in [4.78, 5) is 19.3. The maximum atomic E-state index is 12.7. The van der Waals surface area contributed by atoms with Gasteiger partial charge < -0.3 is 9.47 Å². The van der Waals surface area contributed by atoms with Gasteiger partial charge in [0.05, 0.1) is 0 Å². The summed E-state index contributed by atoms with van der Waals surface area (Å²) >= 11 is 0. The van der Waals surface area contributed by atoms with Crippen LogP contribution in [0.2, 0.25) is 0 Å². The molecule has 0 bridgehead atoms. The Bertz CT molecular complexity index is 742. The maximum absolute atomic E-state index is 12.7. The van der Waals surface area contributed by atoms with Crippen molar-refractivity contribution in [2.75, 3.05) is 13.1 Å². The molecular weight excluding hydrogens is 302 g/mol. The quantitative estimate of drug-likeness (QED) is 0.866. The molecule has 0 N–H and O–H groups in total. The molecule has 1 aliphatic heterocycles. The van der Waals surface area contributed by atoms with Gasteiger partial charge in [-0.2, -0.15) is 5.10 Å². The predicted octanol–water partition coefficient (Wildman–Crippen LogP) is 2.35. The molecule has 1 amide bonds. The summed E-state index contributed by atoms with van der Waals surface area (Å²) in [6.45, 7) is 4.79. The van der Waals surface area contributed by atoms with Crippen molar-refractivity contribution in [1.82, 2.24) is 24.2 Å². The molecule has 128 valence electrons. The fraction of sp³-hybridized carbons (Fsp3) is 0.611. The van der Waals surface area contributed by atoms with Crippen LogP contribution in [0.15, 0.2) is 18.5 Å². The Hall–Kier alpha value is -2.11. The largest absolute Gasteiger partial charge is 0.337 e. The zero-order chi connectivity index (χ0) is 16.7. The van der Waals surface area contributed by atoms with E-state index in [1.54, 1.807) is 16.9 Å². The second-order valence-electron chi connectivity index (χ2n) is 7.24. The van der Waals surface area contributed by atoms with E-state index >= 15 is 0 Å². The number of hydrogen-bond acceptors (Lipinski definition) is 3. The van der Waals surface area contributed by atoms with Crippen molar-refractivity contribution < 1.29 is 4.79 Å². The van der Waals surface area contributed by atoms with Crippen molar-refractivity contribution >= 4 is 5.91 Å². The molecule has 24 heavy (non-hydrogen) atoms. The third-order valence-corrected chi connectivity index (χ3v) is 5.32. The van der Waals surface area contributed by atoms with Gasteiger partial charge in [0.15, 0.2) is 0 Å². The minimum Gasteiger partial charge on any atom is -0.337 e. The number of carbonyl (C=O) groups is 1. The van der Waals surface area contributed by atoms with Gasteiger partial charge in [0.1, 0.15) is 11.5 Å². The fourth-order valence-electron chi connectivity index (χ4n) is 3.79. The van der Waals surface area contributed by atoms with Crippen LogP contribution in [-0.2, 0) is 13.6 Å². The first-order chi connectivity index (χ1) is 11.6. The van der Waals surface area contributed by atoms with E-state index in [2.05, 4.69) is 21.6 Å². The zero-order valence-corrected chi connectivity index (χ0v) is 14.5. The molecule has 0 spiro atoms. The van der Waals surface area contributed by atoms with Crippen LogP contribution >= 0.6 is 0 Å². The first-order valence-electron chi connectivity index (χ1n) is 8.93. The molecule has 3 heterocycles. The first kappa shape index (κ1) is 15.4. The van der Waals surface area contributed by atoms with E-state index in [1.165, 1.54) is 30.8 Å². The molecule has 1 saturated carbocycles. The average molecular weight is 327 g/mol. The molecule has 4 rings (SSSR count). The molecule has 1 aliphatic carbocycles. The van der Waals surface area contributed by atoms with Crippen LogP contribution < -0.4 is 0 Å². The van der Waals surface area contributed by atoms with Crippen LogP contribution in [0.5, 0.6) is 0 Å². The summed E-state index contributed by atoms with van der Waals surface area (Å²) in [5.74, 6) is 2.52. The number of amides is 1. The minimum atomic E-state index is 0.101. The molecule has 0 aromatic carbocycles. The number of rotatable bonds is 4. The van der Waals surface area contributed by atoms with Crippen LogP contribution in [0, 0.1) is 12.8 Å². The highest BCUT2D eigenvalue weighted by atomic mass is 16.2. The van der Waals surface area contributed by atoms with E-state index < -0.39 is 0 Å². The predicted molar refractivity (Wildman–Crippen MR) is 90.8 cm³/mol. The number of aryl methyl sites for hydroxylation is 2. The molecule has 6 nitrogen and oxygen atoms in total. The van der Waals surface area contributed by atoms with Crippen molar-refractivity contribution in [3.05, 3.63) is 35.7 Å². The number of hydrogen-bond donors (Lipinski definition) is 0. The topological polar surface area (TPSA) is 56.0 Å². The molecule has 1 unspecified atom stereocenters. The molecule has 2 aromatic heterocycles. The van der Waals surface area contributed by atoms with Crippen LogP contribution in [0.3, 0.4) is 0 Å². The van der Waals surface area contributed by atoms with Crippen LogP contribution in [0.1, 0.15) is 53.6 Å². The highest BCUT2D eigenvalue weighted by Crippen LogP contribution is 2.40. The van der Waals surface area contributed by atoms with E-state index in [-0.39, 0.29) is 5.91 Å². The summed E-state index contributed by atoms with van der Waals surface area (Å²) < 4.78 is 4.05. The van der Waals surface area contributed by atoms with Gasteiger partial charge >= 0.3 is 0 Å². The lowest BCUT2D eigenvalue weighted by atomic mass is 9.97. The van der Waals surface area contributed by atoms with Crippen molar-refractivity contribution in [1.29, 1.82) is 0 Å². The second kappa shape index (κ2) is 6.07. The van der Waals surface area contributed by atoms with Crippen molar-refractivity contribution in [2.24, 2.45) is 13.0 Å². The third-order valence-electron chi connectivity index (χ3n) is 5.32. The Morgan fingerprint density at radius 2 is 2.17 bits per heavy atom. The Labute approximate surface area is 142 Å². The summed E-state index contributed by atoms with van der Waals surface area (Å²) in [5.41, 5.74) is 1.92. The number of nitrogens with zero attached hydrogens (tertiary/aromatic N) is 5. The molecule has 0 radical (unpaired) electrons. The number of likely N-dealkylation sites (tertiary alicyclic amines) is 1. The lowest BCUT2D eigenvalue weighted by molar-refractivity contribution is 0.0650. The van der Waals surface area contributed by atoms with Crippen LogP contribution in [-0.4, -0.2) is 43.2 Å². The average Bonchev–Trinajstić information content (AvgIpc) is 3.24. The van der Waals surface area contributed by atoms with Gasteiger partial charge in [-0.1, -0.05) is 0 Å². The van der Waals surface area contributed by atoms with E-state index in [0.29, 0.717) is 17.5 Å². The number of imidazole rings is 1. The Morgan fingerprint density at radius 1 is 1.33 bits per heavy atom. The normalized spacial score (nSPS) is 21.2. The highest BCUT2D eigenvalue weighted by Gasteiger charge is 2.31. The van der Waals surface area contributed by atoms with Crippen LogP contribution in [0.25, 0.3) is 0 Å². The lowest BCUT2D eigenvalue weighted by Crippen LogP contribution is -2.41. The lowest BCUT2D eigenvalue weighted by Gasteiger charge is -2.33. The third kappa shape index (κ3) is 2.85. The second-order valence-corrected chi connectivity index (χ2v) is 7.24. The standard InChI is InChI=1S/C18H25N5O/c1-13-10-19-17(15-5-6-15)23(13)12-14-4-3-9-22(11-14)18(24)16-7-8-20-21(16)2/h7-8,10,14-15H,3-6,9,11-12H2,1-2H3. The van der Waals surface area contributed by atoms with E-state index in [1.807, 2.05) is 18.1 Å². The van der Waals surface area contributed by atoms with Crippen molar-refractivity contribution in [2.45, 2.75) is 45.1 Å². The molecule has 1 atom stereocenters. The van der Waals surface area contributed by atoms with Crippen molar-refractivity contribution in [3.63, 3.8) is 0 Å². The van der Waals surface area contributed by atoms with E-state index in [4.69, 9.17) is 0 Å². The summed E-state index contributed by atoms with van der Waals surface area (Å²) in [6.07, 6.45) is 8.47. The highest BCUT2D eigenvalue weighted by molar-refractivity contribution is 5.92. The van der Waals surface area contributed by atoms with Crippen molar-refractivity contribution in [3.8, 4) is 0 Å². The molecule has 2 aliphatic rings. The minimum absolute atomic E-state index is 0.101.